The zero-order chi connectivity index (χ0) is 21.5. The summed E-state index contributed by atoms with van der Waals surface area (Å²) in [6, 6.07) is 16.6. The van der Waals surface area contributed by atoms with Gasteiger partial charge in [0.1, 0.15) is 5.69 Å². The number of nitrogens with zero attached hydrogens (tertiary/aromatic N) is 3. The number of aromatic nitrogens is 3. The molecular formula is C26H29N3OS. The van der Waals surface area contributed by atoms with Crippen LogP contribution in [0.4, 0.5) is 0 Å². The van der Waals surface area contributed by atoms with E-state index in [1.165, 1.54) is 35.5 Å². The molecule has 5 heteroatoms. The number of unbranched alkanes of at least 4 members (excludes halogenated alkanes) is 2. The van der Waals surface area contributed by atoms with Gasteiger partial charge in [-0.3, -0.25) is 0 Å². The molecule has 2 heterocycles. The van der Waals surface area contributed by atoms with Gasteiger partial charge in [0.05, 0.1) is 28.3 Å². The first-order valence-electron chi connectivity index (χ1n) is 11.2. The van der Waals surface area contributed by atoms with E-state index in [0.717, 1.165) is 41.6 Å². The van der Waals surface area contributed by atoms with E-state index in [0.29, 0.717) is 12.5 Å². The van der Waals surface area contributed by atoms with Crippen LogP contribution in [0.5, 0.6) is 5.88 Å². The predicted molar refractivity (Wildman–Crippen MR) is 129 cm³/mol. The lowest BCUT2D eigenvalue weighted by molar-refractivity contribution is 0.328. The summed E-state index contributed by atoms with van der Waals surface area (Å²) in [6.07, 6.45) is 6.76. The molecule has 0 spiro atoms. The molecule has 0 saturated carbocycles. The minimum Gasteiger partial charge on any atom is -0.476 e. The van der Waals surface area contributed by atoms with Crippen molar-refractivity contribution in [1.82, 2.24) is 15.0 Å². The molecule has 0 saturated heterocycles. The van der Waals surface area contributed by atoms with Crippen molar-refractivity contribution in [3.63, 3.8) is 0 Å². The molecule has 0 unspecified atom stereocenters. The number of para-hydroxylation sites is 2. The van der Waals surface area contributed by atoms with E-state index in [9.17, 15) is 0 Å². The Bertz CT molecular complexity index is 1140. The largest absolute Gasteiger partial charge is 0.476 e. The van der Waals surface area contributed by atoms with Crippen molar-refractivity contribution in [2.45, 2.75) is 52.4 Å². The fraction of sp³-hybridized carbons (Fsp3) is 0.346. The smallest absolute Gasteiger partial charge is 0.241 e. The van der Waals surface area contributed by atoms with Gasteiger partial charge in [-0.05, 0) is 62.8 Å². The number of fused-ring (bicyclic) bond motifs is 1. The summed E-state index contributed by atoms with van der Waals surface area (Å²) in [5.74, 6) is 0.605. The molecule has 160 valence electrons. The molecular weight excluding hydrogens is 402 g/mol. The molecule has 4 rings (SSSR count). The zero-order valence-corrected chi connectivity index (χ0v) is 19.1. The zero-order valence-electron chi connectivity index (χ0n) is 18.3. The van der Waals surface area contributed by atoms with Gasteiger partial charge in [0.25, 0.3) is 0 Å². The number of aryl methyl sites for hydroxylation is 3. The van der Waals surface area contributed by atoms with Crippen LogP contribution in [0.15, 0.2) is 53.9 Å². The minimum absolute atomic E-state index is 0.568. The maximum Gasteiger partial charge on any atom is 0.241 e. The molecule has 2 aromatic carbocycles. The molecule has 0 aliphatic carbocycles. The lowest BCUT2D eigenvalue weighted by atomic mass is 10.0. The highest BCUT2D eigenvalue weighted by Gasteiger charge is 2.12. The van der Waals surface area contributed by atoms with Gasteiger partial charge < -0.3 is 4.74 Å². The summed E-state index contributed by atoms with van der Waals surface area (Å²) in [7, 11) is 0. The third-order valence-electron chi connectivity index (χ3n) is 5.32. The van der Waals surface area contributed by atoms with Crippen molar-refractivity contribution in [3.05, 3.63) is 70.2 Å². The molecule has 0 amide bonds. The normalized spacial score (nSPS) is 11.2. The van der Waals surface area contributed by atoms with E-state index in [2.05, 4.69) is 41.6 Å². The van der Waals surface area contributed by atoms with Crippen LogP contribution >= 0.6 is 11.3 Å². The van der Waals surface area contributed by atoms with Gasteiger partial charge in [0, 0.05) is 10.9 Å². The van der Waals surface area contributed by atoms with E-state index in [1.54, 1.807) is 11.3 Å². The Morgan fingerprint density at radius 3 is 2.42 bits per heavy atom. The fourth-order valence-corrected chi connectivity index (χ4v) is 4.50. The third-order valence-corrected chi connectivity index (χ3v) is 6.36. The number of rotatable bonds is 10. The van der Waals surface area contributed by atoms with Gasteiger partial charge in [-0.15, -0.1) is 11.3 Å². The van der Waals surface area contributed by atoms with E-state index in [4.69, 9.17) is 14.7 Å². The van der Waals surface area contributed by atoms with Crippen LogP contribution in [0.2, 0.25) is 0 Å². The number of thiazole rings is 1. The topological polar surface area (TPSA) is 47.9 Å². The van der Waals surface area contributed by atoms with Gasteiger partial charge >= 0.3 is 0 Å². The first kappa shape index (κ1) is 21.4. The summed E-state index contributed by atoms with van der Waals surface area (Å²) in [5, 5.41) is 3.46. The third kappa shape index (κ3) is 5.47. The van der Waals surface area contributed by atoms with Crippen LogP contribution in [0.3, 0.4) is 0 Å². The summed E-state index contributed by atoms with van der Waals surface area (Å²) in [6.45, 7) is 4.71. The first-order chi connectivity index (χ1) is 15.3. The van der Waals surface area contributed by atoms with E-state index < -0.39 is 0 Å². The minimum atomic E-state index is 0.568. The van der Waals surface area contributed by atoms with Crippen molar-refractivity contribution in [2.75, 3.05) is 6.61 Å². The highest BCUT2D eigenvalue weighted by Crippen LogP contribution is 2.29. The maximum absolute atomic E-state index is 5.83. The van der Waals surface area contributed by atoms with Crippen molar-refractivity contribution in [1.29, 1.82) is 0 Å². The Balaban J connectivity index is 1.41. The number of benzene rings is 2. The lowest BCUT2D eigenvalue weighted by Gasteiger charge is -2.11. The molecule has 0 aliphatic rings. The first-order valence-corrected chi connectivity index (χ1v) is 12.1. The summed E-state index contributed by atoms with van der Waals surface area (Å²) in [5.41, 5.74) is 6.21. The Labute approximate surface area is 188 Å². The molecule has 0 fully saturated rings. The molecule has 0 radical (unpaired) electrons. The van der Waals surface area contributed by atoms with Crippen LogP contribution < -0.4 is 4.74 Å². The predicted octanol–water partition coefficient (Wildman–Crippen LogP) is 6.67. The van der Waals surface area contributed by atoms with Gasteiger partial charge in [0.2, 0.25) is 5.88 Å². The summed E-state index contributed by atoms with van der Waals surface area (Å²) in [4.78, 5) is 14.2. The number of ether oxygens (including phenoxy) is 1. The van der Waals surface area contributed by atoms with Gasteiger partial charge in [0.15, 0.2) is 0 Å². The van der Waals surface area contributed by atoms with E-state index in [-0.39, 0.29) is 0 Å². The van der Waals surface area contributed by atoms with Crippen LogP contribution in [0.1, 0.15) is 49.4 Å². The molecule has 0 N–H and O–H groups in total. The SMILES string of the molecule is CCOc1nc2ccccc2nc1-c1cccc(CCCCCc2csc(CC)n2)c1. The molecule has 4 nitrogen and oxygen atoms in total. The standard InChI is InChI=1S/C26H29N3OS/c1-3-24-27-21(18-31-24)14-7-5-6-11-19-12-10-13-20(17-19)25-26(30-4-2)29-23-16-9-8-15-22(23)28-25/h8-10,12-13,15-18H,3-7,11,14H2,1-2H3. The van der Waals surface area contributed by atoms with Crippen molar-refractivity contribution < 1.29 is 4.74 Å². The number of hydrogen-bond acceptors (Lipinski definition) is 5. The lowest BCUT2D eigenvalue weighted by Crippen LogP contribution is -2.00. The quantitative estimate of drug-likeness (QED) is 0.263. The Hall–Kier alpha value is -2.79. The number of hydrogen-bond donors (Lipinski definition) is 0. The van der Waals surface area contributed by atoms with E-state index >= 15 is 0 Å². The Kier molecular flexibility index (Phi) is 7.26. The molecule has 0 atom stereocenters. The molecule has 0 aliphatic heterocycles. The molecule has 4 aromatic rings. The molecule has 31 heavy (non-hydrogen) atoms. The van der Waals surface area contributed by atoms with Crippen LogP contribution in [0.25, 0.3) is 22.3 Å². The van der Waals surface area contributed by atoms with Crippen LogP contribution in [-0.2, 0) is 19.3 Å². The Morgan fingerprint density at radius 2 is 1.65 bits per heavy atom. The second-order valence-electron chi connectivity index (χ2n) is 7.65. The molecule has 0 bridgehead atoms. The highest BCUT2D eigenvalue weighted by molar-refractivity contribution is 7.09. The van der Waals surface area contributed by atoms with Gasteiger partial charge in [-0.25, -0.2) is 15.0 Å². The van der Waals surface area contributed by atoms with Crippen molar-refractivity contribution in [3.8, 4) is 17.1 Å². The van der Waals surface area contributed by atoms with Crippen molar-refractivity contribution >= 4 is 22.4 Å². The second-order valence-corrected chi connectivity index (χ2v) is 8.59. The molecule has 2 aromatic heterocycles. The summed E-state index contributed by atoms with van der Waals surface area (Å²) >= 11 is 1.78. The second kappa shape index (κ2) is 10.5. The monoisotopic (exact) mass is 431 g/mol. The highest BCUT2D eigenvalue weighted by atomic mass is 32.1. The van der Waals surface area contributed by atoms with Crippen molar-refractivity contribution in [2.24, 2.45) is 0 Å². The average molecular weight is 432 g/mol. The van der Waals surface area contributed by atoms with E-state index in [1.807, 2.05) is 31.2 Å². The summed E-state index contributed by atoms with van der Waals surface area (Å²) < 4.78 is 5.83. The average Bonchev–Trinajstić information content (AvgIpc) is 3.27. The maximum atomic E-state index is 5.83. The Morgan fingerprint density at radius 1 is 0.839 bits per heavy atom. The van der Waals surface area contributed by atoms with Crippen LogP contribution in [0, 0.1) is 0 Å². The van der Waals surface area contributed by atoms with Crippen LogP contribution in [-0.4, -0.2) is 21.6 Å². The van der Waals surface area contributed by atoms with Gasteiger partial charge in [-0.2, -0.15) is 0 Å². The fourth-order valence-electron chi connectivity index (χ4n) is 3.72. The van der Waals surface area contributed by atoms with Gasteiger partial charge in [-0.1, -0.05) is 43.7 Å².